The van der Waals surface area contributed by atoms with Crippen LogP contribution in [0.5, 0.6) is 0 Å². The lowest BCUT2D eigenvalue weighted by Crippen LogP contribution is -2.37. The minimum atomic E-state index is -0.927. The Hall–Kier alpha value is -1.10. The Balaban J connectivity index is 2.34. The Morgan fingerprint density at radius 1 is 1.47 bits per heavy atom. The molecule has 5 heteroatoms. The monoisotopic (exact) mass is 214 g/mol. The zero-order valence-electron chi connectivity index (χ0n) is 9.03. The molecule has 1 saturated carbocycles. The molecule has 1 aliphatic rings. The largest absolute Gasteiger partial charge is 0.480 e. The molecule has 1 aliphatic carbocycles. The second kappa shape index (κ2) is 5.70. The second-order valence-corrected chi connectivity index (χ2v) is 3.85. The third-order valence-electron chi connectivity index (χ3n) is 2.43. The average molecular weight is 214 g/mol. The van der Waals surface area contributed by atoms with Crippen LogP contribution < -0.4 is 5.32 Å². The number of nitrogens with zero attached hydrogens (tertiary/aromatic N) is 1. The maximum absolute atomic E-state index is 11.7. The number of hydrogen-bond acceptors (Lipinski definition) is 3. The second-order valence-electron chi connectivity index (χ2n) is 3.85. The summed E-state index contributed by atoms with van der Waals surface area (Å²) >= 11 is 0. The lowest BCUT2D eigenvalue weighted by molar-refractivity contribution is -0.144. The number of nitrogens with one attached hydrogen (secondary N) is 1. The first-order valence-corrected chi connectivity index (χ1v) is 5.31. The fraction of sp³-hybridized carbons (Fsp3) is 0.800. The summed E-state index contributed by atoms with van der Waals surface area (Å²) < 4.78 is 0. The predicted molar refractivity (Wildman–Crippen MR) is 55.5 cm³/mol. The standard InChI is InChI=1S/C10H18N2O3/c1-11-6-2-3-9(13)12(7-10(14)15)8-4-5-8/h8,11H,2-7H2,1H3,(H,14,15). The number of hydrogen-bond donors (Lipinski definition) is 2. The molecule has 1 amide bonds. The van der Waals surface area contributed by atoms with Crippen molar-refractivity contribution >= 4 is 11.9 Å². The molecule has 0 aromatic carbocycles. The van der Waals surface area contributed by atoms with Gasteiger partial charge in [0.2, 0.25) is 5.91 Å². The zero-order valence-corrected chi connectivity index (χ0v) is 9.03. The van der Waals surface area contributed by atoms with Crippen LogP contribution in [-0.2, 0) is 9.59 Å². The van der Waals surface area contributed by atoms with Crippen LogP contribution >= 0.6 is 0 Å². The summed E-state index contributed by atoms with van der Waals surface area (Å²) in [6.07, 6.45) is 3.10. The van der Waals surface area contributed by atoms with E-state index in [1.165, 1.54) is 4.90 Å². The number of carboxylic acids is 1. The molecule has 15 heavy (non-hydrogen) atoms. The molecule has 0 heterocycles. The number of carbonyl (C=O) groups excluding carboxylic acids is 1. The third-order valence-corrected chi connectivity index (χ3v) is 2.43. The first-order valence-electron chi connectivity index (χ1n) is 5.31. The molecule has 0 aliphatic heterocycles. The number of amides is 1. The van der Waals surface area contributed by atoms with E-state index in [1.807, 2.05) is 7.05 Å². The molecule has 0 bridgehead atoms. The highest BCUT2D eigenvalue weighted by molar-refractivity contribution is 5.81. The van der Waals surface area contributed by atoms with E-state index in [1.54, 1.807) is 0 Å². The van der Waals surface area contributed by atoms with Gasteiger partial charge in [-0.2, -0.15) is 0 Å². The van der Waals surface area contributed by atoms with Crippen molar-refractivity contribution < 1.29 is 14.7 Å². The topological polar surface area (TPSA) is 69.6 Å². The minimum Gasteiger partial charge on any atom is -0.480 e. The number of carbonyl (C=O) groups is 2. The van der Waals surface area contributed by atoms with Gasteiger partial charge in [0.05, 0.1) is 0 Å². The first kappa shape index (κ1) is 12.0. The van der Waals surface area contributed by atoms with Gasteiger partial charge in [0.15, 0.2) is 0 Å². The molecule has 5 nitrogen and oxygen atoms in total. The molecule has 2 N–H and O–H groups in total. The lowest BCUT2D eigenvalue weighted by atomic mass is 10.2. The summed E-state index contributed by atoms with van der Waals surface area (Å²) in [6.45, 7) is 0.639. The van der Waals surface area contributed by atoms with Gasteiger partial charge in [0.1, 0.15) is 6.54 Å². The summed E-state index contributed by atoms with van der Waals surface area (Å²) in [5, 5.41) is 11.6. The SMILES string of the molecule is CNCCCC(=O)N(CC(=O)O)C1CC1. The van der Waals surface area contributed by atoms with E-state index in [0.29, 0.717) is 6.42 Å². The lowest BCUT2D eigenvalue weighted by Gasteiger charge is -2.20. The normalized spacial score (nSPS) is 15.0. The van der Waals surface area contributed by atoms with Gasteiger partial charge in [0.25, 0.3) is 0 Å². The van der Waals surface area contributed by atoms with Crippen molar-refractivity contribution in [1.29, 1.82) is 0 Å². The first-order chi connectivity index (χ1) is 7.15. The van der Waals surface area contributed by atoms with Gasteiger partial charge in [-0.05, 0) is 32.9 Å². The van der Waals surface area contributed by atoms with Crippen LogP contribution in [0.4, 0.5) is 0 Å². The van der Waals surface area contributed by atoms with E-state index < -0.39 is 5.97 Å². The molecular formula is C10H18N2O3. The molecular weight excluding hydrogens is 196 g/mol. The van der Waals surface area contributed by atoms with E-state index in [9.17, 15) is 9.59 Å². The molecule has 0 aromatic rings. The van der Waals surface area contributed by atoms with Gasteiger partial charge in [-0.25, -0.2) is 0 Å². The van der Waals surface area contributed by atoms with Gasteiger partial charge in [-0.3, -0.25) is 9.59 Å². The number of aliphatic carboxylic acids is 1. The van der Waals surface area contributed by atoms with Gasteiger partial charge >= 0.3 is 5.97 Å². The maximum atomic E-state index is 11.7. The predicted octanol–water partition coefficient (Wildman–Crippen LogP) is 0.0616. The molecule has 1 fully saturated rings. The maximum Gasteiger partial charge on any atom is 0.323 e. The van der Waals surface area contributed by atoms with Crippen molar-refractivity contribution in [2.45, 2.75) is 31.7 Å². The summed E-state index contributed by atoms with van der Waals surface area (Å²) in [5.41, 5.74) is 0. The Morgan fingerprint density at radius 2 is 2.13 bits per heavy atom. The van der Waals surface area contributed by atoms with Crippen molar-refractivity contribution in [2.75, 3.05) is 20.1 Å². The van der Waals surface area contributed by atoms with E-state index in [-0.39, 0.29) is 18.5 Å². The Kier molecular flexibility index (Phi) is 4.55. The van der Waals surface area contributed by atoms with Crippen LogP contribution in [0, 0.1) is 0 Å². The number of rotatable bonds is 7. The van der Waals surface area contributed by atoms with Crippen LogP contribution in [0.15, 0.2) is 0 Å². The van der Waals surface area contributed by atoms with Gasteiger partial charge < -0.3 is 15.3 Å². The van der Waals surface area contributed by atoms with Crippen molar-refractivity contribution in [2.24, 2.45) is 0 Å². The van der Waals surface area contributed by atoms with E-state index in [2.05, 4.69) is 5.32 Å². The highest BCUT2D eigenvalue weighted by atomic mass is 16.4. The Morgan fingerprint density at radius 3 is 2.60 bits per heavy atom. The molecule has 0 radical (unpaired) electrons. The molecule has 86 valence electrons. The van der Waals surface area contributed by atoms with E-state index in [4.69, 9.17) is 5.11 Å². The molecule has 0 atom stereocenters. The Labute approximate surface area is 89.4 Å². The third kappa shape index (κ3) is 4.29. The van der Waals surface area contributed by atoms with Crippen molar-refractivity contribution in [1.82, 2.24) is 10.2 Å². The summed E-state index contributed by atoms with van der Waals surface area (Å²) in [5.74, 6) is -0.959. The molecule has 0 saturated heterocycles. The van der Waals surface area contributed by atoms with Crippen molar-refractivity contribution in [3.05, 3.63) is 0 Å². The quantitative estimate of drug-likeness (QED) is 0.588. The van der Waals surface area contributed by atoms with E-state index >= 15 is 0 Å². The zero-order chi connectivity index (χ0) is 11.3. The van der Waals surface area contributed by atoms with Crippen molar-refractivity contribution in [3.63, 3.8) is 0 Å². The molecule has 0 aromatic heterocycles. The fourth-order valence-corrected chi connectivity index (χ4v) is 1.51. The van der Waals surface area contributed by atoms with E-state index in [0.717, 1.165) is 25.8 Å². The Bertz CT molecular complexity index is 239. The van der Waals surface area contributed by atoms with Crippen LogP contribution in [0.25, 0.3) is 0 Å². The minimum absolute atomic E-state index is 0.0323. The fourth-order valence-electron chi connectivity index (χ4n) is 1.51. The van der Waals surface area contributed by atoms with Gasteiger partial charge in [-0.1, -0.05) is 0 Å². The van der Waals surface area contributed by atoms with Crippen LogP contribution in [0.3, 0.4) is 0 Å². The average Bonchev–Trinajstić information content (AvgIpc) is 2.97. The molecule has 1 rings (SSSR count). The smallest absolute Gasteiger partial charge is 0.323 e. The van der Waals surface area contributed by atoms with Crippen LogP contribution in [0.1, 0.15) is 25.7 Å². The van der Waals surface area contributed by atoms with Gasteiger partial charge in [-0.15, -0.1) is 0 Å². The highest BCUT2D eigenvalue weighted by Gasteiger charge is 2.33. The van der Waals surface area contributed by atoms with Crippen LogP contribution in [0.2, 0.25) is 0 Å². The summed E-state index contributed by atoms with van der Waals surface area (Å²) in [7, 11) is 1.83. The summed E-state index contributed by atoms with van der Waals surface area (Å²) in [6, 6.07) is 0.184. The molecule has 0 unspecified atom stereocenters. The van der Waals surface area contributed by atoms with Crippen LogP contribution in [-0.4, -0.2) is 48.1 Å². The summed E-state index contributed by atoms with van der Waals surface area (Å²) in [4.78, 5) is 23.7. The highest BCUT2D eigenvalue weighted by Crippen LogP contribution is 2.27. The molecule has 0 spiro atoms. The van der Waals surface area contributed by atoms with Gasteiger partial charge in [0, 0.05) is 12.5 Å². The number of carboxylic acid groups (broad SMARTS) is 1. The van der Waals surface area contributed by atoms with Crippen molar-refractivity contribution in [3.8, 4) is 0 Å².